The van der Waals surface area contributed by atoms with Gasteiger partial charge in [-0.2, -0.15) is 0 Å². The summed E-state index contributed by atoms with van der Waals surface area (Å²) < 4.78 is 58.6. The van der Waals surface area contributed by atoms with Crippen molar-refractivity contribution < 1.29 is 103 Å². The lowest BCUT2D eigenvalue weighted by Crippen LogP contribution is -2.66. The van der Waals surface area contributed by atoms with E-state index in [-0.39, 0.29) is 52.9 Å². The van der Waals surface area contributed by atoms with E-state index in [0.29, 0.717) is 42.1 Å². The topological polar surface area (TPSA) is 309 Å². The quantitative estimate of drug-likeness (QED) is 0.0560. The number of rotatable bonds is 14. The van der Waals surface area contributed by atoms with Crippen LogP contribution in [0.25, 0.3) is 6.08 Å². The molecule has 0 aromatic heterocycles. The minimum atomic E-state index is -1.79. The molecule has 3 heterocycles. The van der Waals surface area contributed by atoms with Crippen molar-refractivity contribution in [2.75, 3.05) is 41.2 Å². The van der Waals surface area contributed by atoms with Crippen LogP contribution in [0.4, 0.5) is 0 Å². The number of benzene rings is 1. The lowest BCUT2D eigenvalue weighted by Gasteiger charge is -2.69. The number of methoxy groups -OCH3 is 3. The van der Waals surface area contributed by atoms with Crippen LogP contribution < -0.4 is 14.2 Å². The van der Waals surface area contributed by atoms with Gasteiger partial charge in [-0.3, -0.25) is 4.79 Å². The van der Waals surface area contributed by atoms with Crippen molar-refractivity contribution in [1.29, 1.82) is 0 Å². The number of aliphatic carboxylic acids is 1. The highest BCUT2D eigenvalue weighted by atomic mass is 16.8. The number of carboxylic acid groups (broad SMARTS) is 1. The number of aliphatic hydroxyl groups is 8. The monoisotopic (exact) mass is 1120 g/mol. The summed E-state index contributed by atoms with van der Waals surface area (Å²) in [5.74, 6) is 0.217. The number of carboxylic acids is 1. The fraction of sp³-hybridized carbons (Fsp3) is 0.793. The zero-order chi connectivity index (χ0) is 57.1. The Morgan fingerprint density at radius 3 is 2.04 bits per heavy atom. The summed E-state index contributed by atoms with van der Waals surface area (Å²) >= 11 is 0. The molecule has 0 radical (unpaired) electrons. The highest BCUT2D eigenvalue weighted by Crippen LogP contribution is 2.85. The average molecular weight is 1120 g/mol. The molecule has 0 unspecified atom stereocenters. The first-order valence-corrected chi connectivity index (χ1v) is 28.1. The maximum Gasteiger partial charge on any atom is 0.331 e. The molecule has 5 saturated carbocycles. The van der Waals surface area contributed by atoms with Crippen LogP contribution in [0.15, 0.2) is 29.9 Å². The van der Waals surface area contributed by atoms with Crippen molar-refractivity contribution in [3.05, 3.63) is 35.4 Å². The Balaban J connectivity index is 0.840. The van der Waals surface area contributed by atoms with Crippen molar-refractivity contribution >= 4 is 18.0 Å². The second-order valence-electron chi connectivity index (χ2n) is 26.1. The third-order valence-corrected chi connectivity index (χ3v) is 21.4. The van der Waals surface area contributed by atoms with Gasteiger partial charge in [0, 0.05) is 23.3 Å². The van der Waals surface area contributed by atoms with Gasteiger partial charge >= 0.3 is 11.9 Å². The van der Waals surface area contributed by atoms with Crippen molar-refractivity contribution in [1.82, 2.24) is 0 Å². The van der Waals surface area contributed by atoms with Crippen molar-refractivity contribution in [2.45, 2.75) is 191 Å². The SMILES string of the molecule is COc1cc(C=CC(=O)O[C@H]2C[C@]3(C(=O)O)C[C@@H]4C[C@]45C(=CC[C@@H]4[C@@]6(C)CC[C@H](O[C@@H]7O[C@H](CO)[C@@H](O)[C@H](O)[C@H]7O[C@@H]7OC[C@@H](O[C@@H]8OC[C@@H](O)[C@H](O)[C@H]8O)[C@H](O)[C@H]7O)C(C)(C)[C@@H]6CC[C@]45C)[C@@H]3CC2(C)C)cc(OC)c1OC. The Morgan fingerprint density at radius 1 is 0.709 bits per heavy atom. The number of hydrogen-bond donors (Lipinski definition) is 9. The van der Waals surface area contributed by atoms with Crippen LogP contribution in [0.2, 0.25) is 0 Å². The summed E-state index contributed by atoms with van der Waals surface area (Å²) in [4.78, 5) is 27.5. The molecule has 8 fully saturated rings. The largest absolute Gasteiger partial charge is 0.493 e. The molecule has 1 aromatic carbocycles. The van der Waals surface area contributed by atoms with Gasteiger partial charge in [-0.1, -0.05) is 53.2 Å². The van der Waals surface area contributed by atoms with E-state index in [2.05, 4.69) is 47.6 Å². The van der Waals surface area contributed by atoms with Crippen LogP contribution >= 0.6 is 0 Å². The van der Waals surface area contributed by atoms with Gasteiger partial charge in [0.05, 0.1) is 52.7 Å². The van der Waals surface area contributed by atoms with E-state index in [1.54, 1.807) is 18.2 Å². The molecule has 442 valence electrons. The maximum absolute atomic E-state index is 13.9. The summed E-state index contributed by atoms with van der Waals surface area (Å²) in [5, 5.41) is 97.1. The first-order chi connectivity index (χ1) is 37.3. The number of esters is 1. The van der Waals surface area contributed by atoms with Gasteiger partial charge < -0.3 is 93.3 Å². The van der Waals surface area contributed by atoms with Gasteiger partial charge in [-0.25, -0.2) is 4.79 Å². The zero-order valence-corrected chi connectivity index (χ0v) is 46.8. The maximum atomic E-state index is 13.9. The number of fused-ring (bicyclic) bond motifs is 5. The van der Waals surface area contributed by atoms with Crippen molar-refractivity contribution in [2.24, 2.45) is 56.2 Å². The van der Waals surface area contributed by atoms with E-state index in [9.17, 15) is 55.5 Å². The minimum absolute atomic E-state index is 0.130. The second kappa shape index (κ2) is 21.3. The molecular weight excluding hydrogens is 1030 g/mol. The molecule has 79 heavy (non-hydrogen) atoms. The van der Waals surface area contributed by atoms with Crippen LogP contribution in [-0.2, 0) is 42.7 Å². The summed E-state index contributed by atoms with van der Waals surface area (Å²) in [6.07, 6.45) is -9.35. The summed E-state index contributed by atoms with van der Waals surface area (Å²) in [5.41, 5.74) is -0.684. The first-order valence-electron chi connectivity index (χ1n) is 28.1. The van der Waals surface area contributed by atoms with Gasteiger partial charge in [-0.15, -0.1) is 0 Å². The Labute approximate surface area is 461 Å². The molecule has 9 N–H and O–H groups in total. The van der Waals surface area contributed by atoms with Gasteiger partial charge in [-0.05, 0) is 115 Å². The highest BCUT2D eigenvalue weighted by molar-refractivity contribution is 5.87. The third-order valence-electron chi connectivity index (χ3n) is 21.4. The van der Waals surface area contributed by atoms with Crippen LogP contribution in [0.3, 0.4) is 0 Å². The second-order valence-corrected chi connectivity index (χ2v) is 26.1. The highest BCUT2D eigenvalue weighted by Gasteiger charge is 2.79. The van der Waals surface area contributed by atoms with E-state index in [4.69, 9.17) is 47.4 Å². The molecule has 3 aliphatic heterocycles. The van der Waals surface area contributed by atoms with E-state index in [1.165, 1.54) is 33.0 Å². The van der Waals surface area contributed by atoms with Gasteiger partial charge in [0.2, 0.25) is 5.75 Å². The Kier molecular flexibility index (Phi) is 15.8. The molecule has 21 nitrogen and oxygen atoms in total. The van der Waals surface area contributed by atoms with Gasteiger partial charge in [0.15, 0.2) is 30.4 Å². The van der Waals surface area contributed by atoms with Crippen LogP contribution in [0, 0.1) is 56.2 Å². The molecule has 3 saturated heterocycles. The number of aliphatic hydroxyl groups excluding tert-OH is 8. The van der Waals surface area contributed by atoms with E-state index < -0.39 is 134 Å². The lowest BCUT2D eigenvalue weighted by molar-refractivity contribution is -0.377. The van der Waals surface area contributed by atoms with Crippen molar-refractivity contribution in [3.63, 3.8) is 0 Å². The standard InChI is InChI=1S/C58H84O21/c1-53(2)22-30-29-11-12-37-55(5)16-15-38(78-51-48(44(65)42(63)34(24-59)75-51)79-50-46(67)43(64)35(26-74-50)76-49-45(66)41(62)31(60)25-73-49)54(3,4)36(55)14-17-56(37,6)58(29)21-28(58)20-57(30,52(68)69)23-39(53)77-40(61)13-10-27-18-32(70-7)47(72-9)33(19-27)71-8/h10-11,13,18-19,28,30-31,34-39,41-46,48-51,59-60,62-67H,12,14-17,20-26H2,1-9H3,(H,68,69)/t28-,30+,31-,34-,35-,36+,37-,38+,39+,41+,42-,43+,44+,45-,46-,48-,49+,50+,51+,55+,56-,57-,58-/m1/s1. The molecule has 1 aromatic rings. The molecule has 10 rings (SSSR count). The molecular formula is C58H84O21. The van der Waals surface area contributed by atoms with Crippen molar-refractivity contribution in [3.8, 4) is 17.2 Å². The van der Waals surface area contributed by atoms with Gasteiger partial charge in [0.25, 0.3) is 0 Å². The summed E-state index contributed by atoms with van der Waals surface area (Å²) in [6, 6.07) is 3.45. The Morgan fingerprint density at radius 2 is 1.38 bits per heavy atom. The smallest absolute Gasteiger partial charge is 0.331 e. The molecule has 0 amide bonds. The van der Waals surface area contributed by atoms with Gasteiger partial charge in [0.1, 0.15) is 67.1 Å². The van der Waals surface area contributed by atoms with E-state index >= 15 is 0 Å². The predicted octanol–water partition coefficient (Wildman–Crippen LogP) is 2.86. The fourth-order valence-electron chi connectivity index (χ4n) is 17.1. The predicted molar refractivity (Wildman–Crippen MR) is 277 cm³/mol. The third kappa shape index (κ3) is 9.45. The zero-order valence-electron chi connectivity index (χ0n) is 46.8. The van der Waals surface area contributed by atoms with Crippen LogP contribution in [0.1, 0.15) is 105 Å². The Hall–Kier alpha value is -3.52. The molecule has 23 atom stereocenters. The number of carbonyl (C=O) groups is 2. The minimum Gasteiger partial charge on any atom is -0.493 e. The number of hydrogen-bond acceptors (Lipinski definition) is 20. The number of allylic oxidation sites excluding steroid dienone is 2. The number of carbonyl (C=O) groups excluding carboxylic acids is 1. The van der Waals surface area contributed by atoms with E-state index in [0.717, 1.165) is 32.1 Å². The molecule has 9 aliphatic rings. The van der Waals surface area contributed by atoms with Crippen LogP contribution in [0.5, 0.6) is 17.2 Å². The summed E-state index contributed by atoms with van der Waals surface area (Å²) in [6.45, 7) is 12.0. The number of ether oxygens (including phenoxy) is 10. The molecule has 6 aliphatic carbocycles. The fourth-order valence-corrected chi connectivity index (χ4v) is 17.1. The van der Waals surface area contributed by atoms with Crippen LogP contribution in [-0.4, -0.2) is 191 Å². The molecule has 21 heteroatoms. The average Bonchev–Trinajstić information content (AvgIpc) is 3.08. The first kappa shape index (κ1) is 58.7. The van der Waals surface area contributed by atoms with E-state index in [1.807, 2.05) is 0 Å². The molecule has 1 spiro atoms. The summed E-state index contributed by atoms with van der Waals surface area (Å²) in [7, 11) is 4.55. The lowest BCUT2D eigenvalue weighted by atomic mass is 9.36. The normalized spacial score (nSPS) is 46.7. The Bertz CT molecular complexity index is 2470. The molecule has 0 bridgehead atoms.